The molecule has 1 amide bonds. The zero-order chi connectivity index (χ0) is 12.3. The molecule has 1 fully saturated rings. The Morgan fingerprint density at radius 2 is 2.47 bits per heavy atom. The van der Waals surface area contributed by atoms with Crippen LogP contribution in [0.25, 0.3) is 0 Å². The number of rotatable bonds is 3. The van der Waals surface area contributed by atoms with E-state index in [1.165, 1.54) is 0 Å². The molecular formula is C11H16N4O2. The van der Waals surface area contributed by atoms with Crippen LogP contribution < -0.4 is 15.4 Å². The lowest BCUT2D eigenvalue weighted by molar-refractivity contribution is -0.122. The van der Waals surface area contributed by atoms with Crippen LogP contribution in [-0.4, -0.2) is 36.1 Å². The van der Waals surface area contributed by atoms with E-state index in [0.29, 0.717) is 18.4 Å². The summed E-state index contributed by atoms with van der Waals surface area (Å²) in [5, 5.41) is 0. The third kappa shape index (κ3) is 2.64. The number of nitrogens with zero attached hydrogens (tertiary/aromatic N) is 3. The Labute approximate surface area is 99.8 Å². The number of nitrogens with two attached hydrogens (primary N) is 1. The summed E-state index contributed by atoms with van der Waals surface area (Å²) in [5.41, 5.74) is 5.33. The molecule has 0 saturated carbocycles. The number of aromatic nitrogens is 2. The molecule has 1 saturated heterocycles. The maximum absolute atomic E-state index is 11.2. The fourth-order valence-electron chi connectivity index (χ4n) is 1.99. The van der Waals surface area contributed by atoms with Gasteiger partial charge in [0.15, 0.2) is 0 Å². The van der Waals surface area contributed by atoms with E-state index in [9.17, 15) is 4.79 Å². The van der Waals surface area contributed by atoms with Gasteiger partial charge in [-0.2, -0.15) is 4.98 Å². The molecule has 2 heterocycles. The number of amides is 1. The predicted octanol–water partition coefficient (Wildman–Crippen LogP) is 0.187. The van der Waals surface area contributed by atoms with E-state index in [1.54, 1.807) is 19.4 Å². The molecule has 0 radical (unpaired) electrons. The van der Waals surface area contributed by atoms with Gasteiger partial charge >= 0.3 is 0 Å². The van der Waals surface area contributed by atoms with E-state index in [-0.39, 0.29) is 11.8 Å². The van der Waals surface area contributed by atoms with Crippen molar-refractivity contribution in [1.29, 1.82) is 0 Å². The predicted molar refractivity (Wildman–Crippen MR) is 62.7 cm³/mol. The standard InChI is InChI=1S/C11H16N4O2/c1-17-9-4-5-13-11(14-9)15-6-2-3-8(7-15)10(12)16/h4-5,8H,2-3,6-7H2,1H3,(H2,12,16). The maximum atomic E-state index is 11.2. The Morgan fingerprint density at radius 1 is 1.65 bits per heavy atom. The molecule has 1 aliphatic heterocycles. The molecule has 1 unspecified atom stereocenters. The van der Waals surface area contributed by atoms with E-state index < -0.39 is 0 Å². The van der Waals surface area contributed by atoms with Crippen LogP contribution >= 0.6 is 0 Å². The topological polar surface area (TPSA) is 81.3 Å². The van der Waals surface area contributed by atoms with Gasteiger partial charge in [0.05, 0.1) is 13.0 Å². The molecule has 92 valence electrons. The van der Waals surface area contributed by atoms with Gasteiger partial charge in [-0.15, -0.1) is 0 Å². The van der Waals surface area contributed by atoms with Crippen molar-refractivity contribution in [3.63, 3.8) is 0 Å². The number of anilines is 1. The van der Waals surface area contributed by atoms with Crippen molar-refractivity contribution in [3.05, 3.63) is 12.3 Å². The van der Waals surface area contributed by atoms with Gasteiger partial charge in [0.25, 0.3) is 0 Å². The molecule has 0 spiro atoms. The minimum Gasteiger partial charge on any atom is -0.481 e. The van der Waals surface area contributed by atoms with Crippen LogP contribution in [0.2, 0.25) is 0 Å². The fourth-order valence-corrected chi connectivity index (χ4v) is 1.99. The molecule has 1 aliphatic rings. The Morgan fingerprint density at radius 3 is 3.18 bits per heavy atom. The SMILES string of the molecule is COc1ccnc(N2CCCC(C(N)=O)C2)n1. The van der Waals surface area contributed by atoms with Gasteiger partial charge in [-0.05, 0) is 12.8 Å². The van der Waals surface area contributed by atoms with Crippen LogP contribution in [0.1, 0.15) is 12.8 Å². The lowest BCUT2D eigenvalue weighted by Crippen LogP contribution is -2.41. The summed E-state index contributed by atoms with van der Waals surface area (Å²) in [6, 6.07) is 1.69. The molecule has 2 rings (SSSR count). The molecule has 17 heavy (non-hydrogen) atoms. The van der Waals surface area contributed by atoms with Gasteiger partial charge in [-0.1, -0.05) is 0 Å². The Bertz CT molecular complexity index is 410. The Kier molecular flexibility index (Phi) is 3.41. The van der Waals surface area contributed by atoms with Crippen LogP contribution in [-0.2, 0) is 4.79 Å². The van der Waals surface area contributed by atoms with Gasteiger partial charge in [0.1, 0.15) is 0 Å². The maximum Gasteiger partial charge on any atom is 0.228 e. The summed E-state index contributed by atoms with van der Waals surface area (Å²) < 4.78 is 5.05. The normalized spacial score (nSPS) is 20.1. The lowest BCUT2D eigenvalue weighted by Gasteiger charge is -2.31. The molecule has 1 atom stereocenters. The summed E-state index contributed by atoms with van der Waals surface area (Å²) in [6.07, 6.45) is 3.42. The summed E-state index contributed by atoms with van der Waals surface area (Å²) in [5.74, 6) is 0.752. The third-order valence-corrected chi connectivity index (χ3v) is 2.93. The van der Waals surface area contributed by atoms with E-state index in [0.717, 1.165) is 19.4 Å². The molecule has 6 nitrogen and oxygen atoms in total. The molecular weight excluding hydrogens is 220 g/mol. The first kappa shape index (κ1) is 11.6. The van der Waals surface area contributed by atoms with E-state index in [1.807, 2.05) is 4.90 Å². The first-order valence-corrected chi connectivity index (χ1v) is 5.62. The highest BCUT2D eigenvalue weighted by molar-refractivity contribution is 5.77. The molecule has 1 aromatic heterocycles. The second-order valence-corrected chi connectivity index (χ2v) is 4.09. The number of primary amides is 1. The highest BCUT2D eigenvalue weighted by Crippen LogP contribution is 2.21. The average Bonchev–Trinajstić information content (AvgIpc) is 2.39. The van der Waals surface area contributed by atoms with Crippen LogP contribution in [0.4, 0.5) is 5.95 Å². The molecule has 6 heteroatoms. The third-order valence-electron chi connectivity index (χ3n) is 2.93. The number of ether oxygens (including phenoxy) is 1. The number of carbonyl (C=O) groups is 1. The Hall–Kier alpha value is -1.85. The first-order chi connectivity index (χ1) is 8.20. The zero-order valence-corrected chi connectivity index (χ0v) is 9.80. The monoisotopic (exact) mass is 236 g/mol. The minimum absolute atomic E-state index is 0.112. The number of carbonyl (C=O) groups excluding carboxylic acids is 1. The largest absolute Gasteiger partial charge is 0.481 e. The number of methoxy groups -OCH3 is 1. The smallest absolute Gasteiger partial charge is 0.228 e. The minimum atomic E-state index is -0.252. The fraction of sp³-hybridized carbons (Fsp3) is 0.545. The van der Waals surface area contributed by atoms with Crippen molar-refractivity contribution in [2.75, 3.05) is 25.1 Å². The molecule has 0 aliphatic carbocycles. The quantitative estimate of drug-likeness (QED) is 0.810. The van der Waals surface area contributed by atoms with E-state index >= 15 is 0 Å². The highest BCUT2D eigenvalue weighted by atomic mass is 16.5. The first-order valence-electron chi connectivity index (χ1n) is 5.62. The van der Waals surface area contributed by atoms with E-state index in [2.05, 4.69) is 9.97 Å². The summed E-state index contributed by atoms with van der Waals surface area (Å²) in [7, 11) is 1.56. The summed E-state index contributed by atoms with van der Waals surface area (Å²) in [4.78, 5) is 21.6. The van der Waals surface area contributed by atoms with Crippen LogP contribution in [0, 0.1) is 5.92 Å². The number of hydrogen-bond donors (Lipinski definition) is 1. The molecule has 2 N–H and O–H groups in total. The van der Waals surface area contributed by atoms with E-state index in [4.69, 9.17) is 10.5 Å². The van der Waals surface area contributed by atoms with Crippen LogP contribution in [0.3, 0.4) is 0 Å². The van der Waals surface area contributed by atoms with Crippen molar-refractivity contribution in [3.8, 4) is 5.88 Å². The second kappa shape index (κ2) is 4.99. The van der Waals surface area contributed by atoms with Crippen molar-refractivity contribution in [1.82, 2.24) is 9.97 Å². The van der Waals surface area contributed by atoms with Gasteiger partial charge in [0, 0.05) is 25.4 Å². The molecule has 0 aromatic carbocycles. The van der Waals surface area contributed by atoms with Crippen molar-refractivity contribution >= 4 is 11.9 Å². The average molecular weight is 236 g/mol. The number of piperidine rings is 1. The Balaban J connectivity index is 2.13. The van der Waals surface area contributed by atoms with Gasteiger partial charge in [0.2, 0.25) is 17.7 Å². The summed E-state index contributed by atoms with van der Waals surface area (Å²) >= 11 is 0. The van der Waals surface area contributed by atoms with Crippen LogP contribution in [0.15, 0.2) is 12.3 Å². The zero-order valence-electron chi connectivity index (χ0n) is 9.80. The van der Waals surface area contributed by atoms with Crippen molar-refractivity contribution in [2.24, 2.45) is 11.7 Å². The van der Waals surface area contributed by atoms with Gasteiger partial charge in [-0.3, -0.25) is 4.79 Å². The van der Waals surface area contributed by atoms with Gasteiger partial charge in [-0.25, -0.2) is 4.98 Å². The highest BCUT2D eigenvalue weighted by Gasteiger charge is 2.25. The van der Waals surface area contributed by atoms with Crippen molar-refractivity contribution in [2.45, 2.75) is 12.8 Å². The second-order valence-electron chi connectivity index (χ2n) is 4.09. The molecule has 0 bridgehead atoms. The van der Waals surface area contributed by atoms with Crippen LogP contribution in [0.5, 0.6) is 5.88 Å². The van der Waals surface area contributed by atoms with Crippen molar-refractivity contribution < 1.29 is 9.53 Å². The molecule has 1 aromatic rings. The number of hydrogen-bond acceptors (Lipinski definition) is 5. The van der Waals surface area contributed by atoms with Gasteiger partial charge < -0.3 is 15.4 Å². The summed E-state index contributed by atoms with van der Waals surface area (Å²) in [6.45, 7) is 1.43. The lowest BCUT2D eigenvalue weighted by atomic mass is 9.98.